The van der Waals surface area contributed by atoms with Gasteiger partial charge in [0.2, 0.25) is 0 Å². The maximum Gasteiger partial charge on any atom is 0.251 e. The van der Waals surface area contributed by atoms with Crippen molar-refractivity contribution in [2.75, 3.05) is 13.2 Å². The standard InChI is InChI=1S/C20H23N3O2/c24-20(16-7-6-14-3-1-4-15(14)11-16)22-12-18-8-9-21-19(23-18)17-5-2-10-25-13-17/h6-9,11,17H,1-5,10,12-13H2,(H,22,24)/t17-/m0/s1. The molecule has 5 heteroatoms. The van der Waals surface area contributed by atoms with Crippen LogP contribution in [0.4, 0.5) is 0 Å². The van der Waals surface area contributed by atoms with Crippen molar-refractivity contribution in [2.24, 2.45) is 0 Å². The molecule has 130 valence electrons. The molecule has 5 nitrogen and oxygen atoms in total. The molecule has 2 heterocycles. The maximum atomic E-state index is 12.4. The first-order chi connectivity index (χ1) is 12.3. The number of amides is 1. The molecule has 2 aromatic rings. The number of carbonyl (C=O) groups excluding carboxylic acids is 1. The molecule has 1 amide bonds. The lowest BCUT2D eigenvalue weighted by molar-refractivity contribution is 0.0779. The molecule has 1 fully saturated rings. The molecule has 25 heavy (non-hydrogen) atoms. The molecular weight excluding hydrogens is 314 g/mol. The molecule has 1 N–H and O–H groups in total. The van der Waals surface area contributed by atoms with Crippen LogP contribution in [0.2, 0.25) is 0 Å². The number of rotatable bonds is 4. The highest BCUT2D eigenvalue weighted by Crippen LogP contribution is 2.23. The number of nitrogens with zero attached hydrogens (tertiary/aromatic N) is 2. The Bertz CT molecular complexity index is 769. The second-order valence-electron chi connectivity index (χ2n) is 6.84. The number of fused-ring (bicyclic) bond motifs is 1. The van der Waals surface area contributed by atoms with E-state index in [4.69, 9.17) is 4.74 Å². The number of hydrogen-bond donors (Lipinski definition) is 1. The van der Waals surface area contributed by atoms with Crippen molar-refractivity contribution in [1.82, 2.24) is 15.3 Å². The Kier molecular flexibility index (Phi) is 4.74. The predicted octanol–water partition coefficient (Wildman–Crippen LogP) is 2.79. The van der Waals surface area contributed by atoms with Gasteiger partial charge in [0.05, 0.1) is 18.8 Å². The first-order valence-electron chi connectivity index (χ1n) is 9.09. The monoisotopic (exact) mass is 337 g/mol. The normalized spacial score (nSPS) is 19.4. The van der Waals surface area contributed by atoms with Gasteiger partial charge in [0, 0.05) is 24.3 Å². The molecule has 0 saturated carbocycles. The Labute approximate surface area is 147 Å². The van der Waals surface area contributed by atoms with E-state index in [-0.39, 0.29) is 11.8 Å². The zero-order chi connectivity index (χ0) is 17.1. The number of aromatic nitrogens is 2. The predicted molar refractivity (Wildman–Crippen MR) is 94.5 cm³/mol. The van der Waals surface area contributed by atoms with Crippen LogP contribution in [-0.2, 0) is 24.1 Å². The number of ether oxygens (including phenoxy) is 1. The van der Waals surface area contributed by atoms with Crippen molar-refractivity contribution in [3.8, 4) is 0 Å². The van der Waals surface area contributed by atoms with Gasteiger partial charge in [0.25, 0.3) is 5.91 Å². The van der Waals surface area contributed by atoms with Crippen LogP contribution < -0.4 is 5.32 Å². The molecule has 4 rings (SSSR count). The Balaban J connectivity index is 1.40. The molecule has 1 atom stereocenters. The van der Waals surface area contributed by atoms with E-state index in [0.29, 0.717) is 13.2 Å². The van der Waals surface area contributed by atoms with Crippen molar-refractivity contribution in [3.63, 3.8) is 0 Å². The molecule has 1 saturated heterocycles. The van der Waals surface area contributed by atoms with Gasteiger partial charge in [0.1, 0.15) is 5.82 Å². The Hall–Kier alpha value is -2.27. The van der Waals surface area contributed by atoms with Crippen LogP contribution in [-0.4, -0.2) is 29.1 Å². The zero-order valence-corrected chi connectivity index (χ0v) is 14.3. The smallest absolute Gasteiger partial charge is 0.251 e. The lowest BCUT2D eigenvalue weighted by Gasteiger charge is -2.20. The van der Waals surface area contributed by atoms with Gasteiger partial charge in [-0.1, -0.05) is 6.07 Å². The van der Waals surface area contributed by atoms with Crippen LogP contribution in [0.1, 0.15) is 58.2 Å². The summed E-state index contributed by atoms with van der Waals surface area (Å²) in [5, 5.41) is 2.98. The Morgan fingerprint density at radius 1 is 1.20 bits per heavy atom. The highest BCUT2D eigenvalue weighted by atomic mass is 16.5. The van der Waals surface area contributed by atoms with E-state index in [0.717, 1.165) is 49.4 Å². The van der Waals surface area contributed by atoms with Gasteiger partial charge >= 0.3 is 0 Å². The molecule has 1 aromatic carbocycles. The van der Waals surface area contributed by atoms with E-state index >= 15 is 0 Å². The summed E-state index contributed by atoms with van der Waals surface area (Å²) in [7, 11) is 0. The van der Waals surface area contributed by atoms with Crippen LogP contribution >= 0.6 is 0 Å². The second kappa shape index (κ2) is 7.31. The first-order valence-corrected chi connectivity index (χ1v) is 9.09. The van der Waals surface area contributed by atoms with E-state index in [1.807, 2.05) is 18.2 Å². The van der Waals surface area contributed by atoms with Crippen molar-refractivity contribution in [2.45, 2.75) is 44.6 Å². The van der Waals surface area contributed by atoms with Gasteiger partial charge in [-0.2, -0.15) is 0 Å². The number of aryl methyl sites for hydroxylation is 2. The minimum absolute atomic E-state index is 0.0455. The van der Waals surface area contributed by atoms with E-state index in [2.05, 4.69) is 21.4 Å². The van der Waals surface area contributed by atoms with Gasteiger partial charge < -0.3 is 10.1 Å². The van der Waals surface area contributed by atoms with Crippen LogP contribution in [0.25, 0.3) is 0 Å². The summed E-state index contributed by atoms with van der Waals surface area (Å²) in [5.74, 6) is 1.04. The van der Waals surface area contributed by atoms with Crippen molar-refractivity contribution >= 4 is 5.91 Å². The summed E-state index contributed by atoms with van der Waals surface area (Å²) < 4.78 is 5.52. The first kappa shape index (κ1) is 16.2. The minimum atomic E-state index is -0.0455. The summed E-state index contributed by atoms with van der Waals surface area (Å²) in [6.07, 6.45) is 7.28. The van der Waals surface area contributed by atoms with E-state index in [1.165, 1.54) is 17.5 Å². The fraction of sp³-hybridized carbons (Fsp3) is 0.450. The van der Waals surface area contributed by atoms with Gasteiger partial charge in [-0.3, -0.25) is 4.79 Å². The fourth-order valence-electron chi connectivity index (χ4n) is 3.64. The highest BCUT2D eigenvalue weighted by molar-refractivity contribution is 5.94. The number of carbonyl (C=O) groups is 1. The molecule has 0 spiro atoms. The van der Waals surface area contributed by atoms with E-state index in [9.17, 15) is 4.79 Å². The molecule has 0 radical (unpaired) electrons. The van der Waals surface area contributed by atoms with Crippen molar-refractivity contribution in [1.29, 1.82) is 0 Å². The lowest BCUT2D eigenvalue weighted by Crippen LogP contribution is -2.24. The topological polar surface area (TPSA) is 64.1 Å². The summed E-state index contributed by atoms with van der Waals surface area (Å²) >= 11 is 0. The molecule has 1 aliphatic carbocycles. The van der Waals surface area contributed by atoms with Crippen LogP contribution in [0.15, 0.2) is 30.5 Å². The quantitative estimate of drug-likeness (QED) is 0.932. The van der Waals surface area contributed by atoms with Gasteiger partial charge in [-0.05, 0) is 61.4 Å². The van der Waals surface area contributed by atoms with Gasteiger partial charge in [0.15, 0.2) is 0 Å². The summed E-state index contributed by atoms with van der Waals surface area (Å²) in [4.78, 5) is 21.4. The van der Waals surface area contributed by atoms with E-state index < -0.39 is 0 Å². The number of hydrogen-bond acceptors (Lipinski definition) is 4. The average molecular weight is 337 g/mol. The molecule has 2 aliphatic rings. The van der Waals surface area contributed by atoms with Crippen molar-refractivity contribution in [3.05, 3.63) is 58.7 Å². The lowest BCUT2D eigenvalue weighted by atomic mass is 10.0. The zero-order valence-electron chi connectivity index (χ0n) is 14.3. The fourth-order valence-corrected chi connectivity index (χ4v) is 3.64. The molecule has 0 unspecified atom stereocenters. The van der Waals surface area contributed by atoms with Gasteiger partial charge in [-0.15, -0.1) is 0 Å². The molecule has 0 bridgehead atoms. The third-order valence-electron chi connectivity index (χ3n) is 5.05. The molecular formula is C20H23N3O2. The van der Waals surface area contributed by atoms with Crippen LogP contribution in [0.5, 0.6) is 0 Å². The van der Waals surface area contributed by atoms with Crippen molar-refractivity contribution < 1.29 is 9.53 Å². The van der Waals surface area contributed by atoms with Crippen LogP contribution in [0.3, 0.4) is 0 Å². The third-order valence-corrected chi connectivity index (χ3v) is 5.05. The number of benzene rings is 1. The summed E-state index contributed by atoms with van der Waals surface area (Å²) in [5.41, 5.74) is 4.27. The third kappa shape index (κ3) is 3.71. The summed E-state index contributed by atoms with van der Waals surface area (Å²) in [6.45, 7) is 1.93. The maximum absolute atomic E-state index is 12.4. The minimum Gasteiger partial charge on any atom is -0.381 e. The Morgan fingerprint density at radius 3 is 3.00 bits per heavy atom. The largest absolute Gasteiger partial charge is 0.381 e. The molecule has 1 aliphatic heterocycles. The summed E-state index contributed by atoms with van der Waals surface area (Å²) in [6, 6.07) is 7.89. The van der Waals surface area contributed by atoms with Gasteiger partial charge in [-0.25, -0.2) is 9.97 Å². The molecule has 1 aromatic heterocycles. The number of nitrogens with one attached hydrogen (secondary N) is 1. The van der Waals surface area contributed by atoms with E-state index in [1.54, 1.807) is 6.20 Å². The van der Waals surface area contributed by atoms with Crippen LogP contribution in [0, 0.1) is 0 Å². The second-order valence-corrected chi connectivity index (χ2v) is 6.84. The average Bonchev–Trinajstić information content (AvgIpc) is 3.15. The Morgan fingerprint density at radius 2 is 2.12 bits per heavy atom. The highest BCUT2D eigenvalue weighted by Gasteiger charge is 2.19. The SMILES string of the molecule is O=C(NCc1ccnc([C@H]2CCCOC2)n1)c1ccc2c(c1)CCC2.